The zero-order chi connectivity index (χ0) is 20.3. The fourth-order valence-electron chi connectivity index (χ4n) is 3.29. The number of phenolic OH excluding ortho intramolecular Hbond substituents is 1. The largest absolute Gasteiger partial charge is 0.508 e. The molecule has 0 aliphatic carbocycles. The molecular formula is C22H24N2O4. The van der Waals surface area contributed by atoms with Crippen LogP contribution in [0.2, 0.25) is 0 Å². The van der Waals surface area contributed by atoms with E-state index in [0.29, 0.717) is 30.7 Å². The molecule has 3 aromatic rings. The lowest BCUT2D eigenvalue weighted by Crippen LogP contribution is -2.19. The van der Waals surface area contributed by atoms with E-state index in [1.165, 1.54) is 12.1 Å². The number of carbonyl (C=O) groups excluding carboxylic acids is 1. The zero-order valence-corrected chi connectivity index (χ0v) is 16.3. The molecule has 2 aromatic carbocycles. The average Bonchev–Trinajstić information content (AvgIpc) is 2.67. The standard InChI is InChI=1S/C22H24N2O4/c1-4-15-9-18-17(10-21(26)28-20(18)11-19(15)25)13-24(3)12-14-5-7-16(8-6-14)22(27)23-2/h5-11,25H,4,12-13H2,1-3H3,(H,23,27). The van der Waals surface area contributed by atoms with Crippen molar-refractivity contribution in [3.05, 3.63) is 75.1 Å². The zero-order valence-electron chi connectivity index (χ0n) is 16.3. The first-order valence-corrected chi connectivity index (χ1v) is 9.19. The van der Waals surface area contributed by atoms with Gasteiger partial charge in [-0.1, -0.05) is 19.1 Å². The van der Waals surface area contributed by atoms with Gasteiger partial charge in [0.05, 0.1) is 0 Å². The molecule has 1 heterocycles. The highest BCUT2D eigenvalue weighted by atomic mass is 16.4. The van der Waals surface area contributed by atoms with Gasteiger partial charge in [-0.25, -0.2) is 4.79 Å². The summed E-state index contributed by atoms with van der Waals surface area (Å²) in [6.45, 7) is 3.18. The summed E-state index contributed by atoms with van der Waals surface area (Å²) in [6.07, 6.45) is 0.688. The van der Waals surface area contributed by atoms with Crippen LogP contribution in [0.3, 0.4) is 0 Å². The highest BCUT2D eigenvalue weighted by molar-refractivity contribution is 5.93. The Labute approximate surface area is 163 Å². The minimum absolute atomic E-state index is 0.114. The maximum absolute atomic E-state index is 11.9. The summed E-state index contributed by atoms with van der Waals surface area (Å²) in [4.78, 5) is 25.7. The Balaban J connectivity index is 1.83. The van der Waals surface area contributed by atoms with Crippen molar-refractivity contribution < 1.29 is 14.3 Å². The highest BCUT2D eigenvalue weighted by Crippen LogP contribution is 2.27. The molecular weight excluding hydrogens is 356 g/mol. The molecule has 6 heteroatoms. The third-order valence-corrected chi connectivity index (χ3v) is 4.75. The van der Waals surface area contributed by atoms with E-state index in [4.69, 9.17) is 4.42 Å². The predicted octanol–water partition coefficient (Wildman–Crippen LogP) is 3.05. The average molecular weight is 380 g/mol. The molecule has 0 saturated heterocycles. The fourth-order valence-corrected chi connectivity index (χ4v) is 3.29. The number of aromatic hydroxyl groups is 1. The molecule has 3 rings (SSSR count). The van der Waals surface area contributed by atoms with Crippen LogP contribution in [0.5, 0.6) is 5.75 Å². The summed E-state index contributed by atoms with van der Waals surface area (Å²) in [6, 6.07) is 12.3. The highest BCUT2D eigenvalue weighted by Gasteiger charge is 2.12. The van der Waals surface area contributed by atoms with Crippen molar-refractivity contribution >= 4 is 16.9 Å². The van der Waals surface area contributed by atoms with Crippen LogP contribution in [0.25, 0.3) is 11.0 Å². The molecule has 146 valence electrons. The molecule has 1 aromatic heterocycles. The van der Waals surface area contributed by atoms with Gasteiger partial charge < -0.3 is 14.8 Å². The molecule has 28 heavy (non-hydrogen) atoms. The molecule has 0 aliphatic heterocycles. The van der Waals surface area contributed by atoms with Crippen LogP contribution >= 0.6 is 0 Å². The first-order valence-electron chi connectivity index (χ1n) is 9.19. The van der Waals surface area contributed by atoms with E-state index in [0.717, 1.165) is 22.1 Å². The Hall–Kier alpha value is -3.12. The number of carbonyl (C=O) groups is 1. The Morgan fingerprint density at radius 1 is 1.11 bits per heavy atom. The van der Waals surface area contributed by atoms with Crippen molar-refractivity contribution in [2.24, 2.45) is 0 Å². The summed E-state index contributed by atoms with van der Waals surface area (Å²) in [5.41, 5.74) is 3.30. The molecule has 0 saturated carbocycles. The number of nitrogens with one attached hydrogen (secondary N) is 1. The summed E-state index contributed by atoms with van der Waals surface area (Å²) >= 11 is 0. The Morgan fingerprint density at radius 2 is 1.82 bits per heavy atom. The SMILES string of the molecule is CCc1cc2c(CN(C)Cc3ccc(C(=O)NC)cc3)cc(=O)oc2cc1O. The number of fused-ring (bicyclic) bond motifs is 1. The normalized spacial score (nSPS) is 11.1. The molecule has 0 unspecified atom stereocenters. The minimum Gasteiger partial charge on any atom is -0.508 e. The number of hydrogen-bond acceptors (Lipinski definition) is 5. The molecule has 0 spiro atoms. The van der Waals surface area contributed by atoms with E-state index in [-0.39, 0.29) is 11.7 Å². The third-order valence-electron chi connectivity index (χ3n) is 4.75. The second kappa shape index (κ2) is 8.27. The number of benzene rings is 2. The second-order valence-corrected chi connectivity index (χ2v) is 6.87. The van der Waals surface area contributed by atoms with Crippen LogP contribution in [0, 0.1) is 0 Å². The Morgan fingerprint density at radius 3 is 2.46 bits per heavy atom. The van der Waals surface area contributed by atoms with Crippen molar-refractivity contribution in [3.8, 4) is 5.75 Å². The number of aryl methyl sites for hydroxylation is 1. The molecule has 0 bridgehead atoms. The molecule has 0 aliphatic rings. The van der Waals surface area contributed by atoms with Crippen molar-refractivity contribution in [2.75, 3.05) is 14.1 Å². The van der Waals surface area contributed by atoms with Gasteiger partial charge in [0, 0.05) is 43.2 Å². The van der Waals surface area contributed by atoms with Gasteiger partial charge in [0.15, 0.2) is 0 Å². The Bertz CT molecular complexity index is 1050. The number of rotatable bonds is 6. The van der Waals surface area contributed by atoms with Crippen molar-refractivity contribution in [3.63, 3.8) is 0 Å². The number of amides is 1. The van der Waals surface area contributed by atoms with E-state index in [1.54, 1.807) is 19.2 Å². The summed E-state index contributed by atoms with van der Waals surface area (Å²) in [5, 5.41) is 13.5. The van der Waals surface area contributed by atoms with E-state index < -0.39 is 5.63 Å². The molecule has 1 amide bonds. The maximum atomic E-state index is 11.9. The molecule has 0 fully saturated rings. The summed E-state index contributed by atoms with van der Waals surface area (Å²) < 4.78 is 5.26. The molecule has 6 nitrogen and oxygen atoms in total. The summed E-state index contributed by atoms with van der Waals surface area (Å²) in [7, 11) is 3.57. The monoisotopic (exact) mass is 380 g/mol. The Kier molecular flexibility index (Phi) is 5.80. The number of phenols is 1. The predicted molar refractivity (Wildman–Crippen MR) is 109 cm³/mol. The molecule has 2 N–H and O–H groups in total. The van der Waals surface area contributed by atoms with Crippen molar-refractivity contribution in [1.82, 2.24) is 10.2 Å². The minimum atomic E-state index is -0.436. The van der Waals surface area contributed by atoms with Gasteiger partial charge in [0.1, 0.15) is 11.3 Å². The van der Waals surface area contributed by atoms with E-state index in [2.05, 4.69) is 10.2 Å². The number of hydrogen-bond donors (Lipinski definition) is 2. The topological polar surface area (TPSA) is 82.8 Å². The van der Waals surface area contributed by atoms with Gasteiger partial charge in [0.2, 0.25) is 0 Å². The smallest absolute Gasteiger partial charge is 0.336 e. The lowest BCUT2D eigenvalue weighted by Gasteiger charge is -2.18. The van der Waals surface area contributed by atoms with Crippen molar-refractivity contribution in [2.45, 2.75) is 26.4 Å². The van der Waals surface area contributed by atoms with Gasteiger partial charge in [-0.3, -0.25) is 9.69 Å². The van der Waals surface area contributed by atoms with Gasteiger partial charge in [-0.05, 0) is 48.4 Å². The van der Waals surface area contributed by atoms with Crippen LogP contribution in [-0.2, 0) is 19.5 Å². The third kappa shape index (κ3) is 4.23. The quantitative estimate of drug-likeness (QED) is 0.642. The first kappa shape index (κ1) is 19.6. The van der Waals surface area contributed by atoms with Crippen molar-refractivity contribution in [1.29, 1.82) is 0 Å². The maximum Gasteiger partial charge on any atom is 0.336 e. The molecule has 0 radical (unpaired) electrons. The number of nitrogens with zero attached hydrogens (tertiary/aromatic N) is 1. The van der Waals surface area contributed by atoms with Gasteiger partial charge in [-0.2, -0.15) is 0 Å². The first-order chi connectivity index (χ1) is 13.4. The van der Waals surface area contributed by atoms with Crippen LogP contribution < -0.4 is 10.9 Å². The lowest BCUT2D eigenvalue weighted by molar-refractivity contribution is 0.0963. The fraction of sp³-hybridized carbons (Fsp3) is 0.273. The van der Waals surface area contributed by atoms with Gasteiger partial charge in [0.25, 0.3) is 5.91 Å². The second-order valence-electron chi connectivity index (χ2n) is 6.87. The van der Waals surface area contributed by atoms with E-state index in [9.17, 15) is 14.7 Å². The van der Waals surface area contributed by atoms with Crippen LogP contribution in [0.4, 0.5) is 0 Å². The van der Waals surface area contributed by atoms with Gasteiger partial charge in [-0.15, -0.1) is 0 Å². The summed E-state index contributed by atoms with van der Waals surface area (Å²) in [5.74, 6) is 0.0252. The van der Waals surface area contributed by atoms with E-state index >= 15 is 0 Å². The van der Waals surface area contributed by atoms with Crippen LogP contribution in [-0.4, -0.2) is 30.0 Å². The molecule has 0 atom stereocenters. The van der Waals surface area contributed by atoms with Crippen LogP contribution in [0.1, 0.15) is 34.0 Å². The van der Waals surface area contributed by atoms with Gasteiger partial charge >= 0.3 is 5.63 Å². The van der Waals surface area contributed by atoms with E-state index in [1.807, 2.05) is 32.2 Å². The van der Waals surface area contributed by atoms with Crippen LogP contribution in [0.15, 0.2) is 51.7 Å². The lowest BCUT2D eigenvalue weighted by atomic mass is 10.0.